The molecule has 0 spiro atoms. The highest BCUT2D eigenvalue weighted by Gasteiger charge is 2.40. The standard InChI is InChI=1S/C20H27N3O2/c1-15(2)13-23-12-11-21-18(19(23)24)22-14-20(9-6-10-20)16-7-4-5-8-17(16)25-3/h4-5,7-8,11-12,15H,6,9-10,13-14H2,1-3H3,(H,21,22). The molecule has 0 aliphatic heterocycles. The molecule has 5 nitrogen and oxygen atoms in total. The Hall–Kier alpha value is -2.30. The summed E-state index contributed by atoms with van der Waals surface area (Å²) >= 11 is 0. The van der Waals surface area contributed by atoms with E-state index in [1.54, 1.807) is 24.1 Å². The lowest BCUT2D eigenvalue weighted by molar-refractivity contribution is 0.250. The molecular weight excluding hydrogens is 314 g/mol. The van der Waals surface area contributed by atoms with Gasteiger partial charge in [0.2, 0.25) is 0 Å². The predicted octanol–water partition coefficient (Wildman–Crippen LogP) is 3.44. The summed E-state index contributed by atoms with van der Waals surface area (Å²) in [5.74, 6) is 1.77. The van der Waals surface area contributed by atoms with Crippen LogP contribution in [0.5, 0.6) is 5.75 Å². The Morgan fingerprint density at radius 3 is 2.72 bits per heavy atom. The average Bonchev–Trinajstić information content (AvgIpc) is 2.57. The van der Waals surface area contributed by atoms with E-state index >= 15 is 0 Å². The molecular formula is C20H27N3O2. The SMILES string of the molecule is COc1ccccc1C1(CNc2nccn(CC(C)C)c2=O)CCC1. The van der Waals surface area contributed by atoms with Crippen molar-refractivity contribution in [3.05, 3.63) is 52.6 Å². The fraction of sp³-hybridized carbons (Fsp3) is 0.500. The Morgan fingerprint density at radius 2 is 2.08 bits per heavy atom. The van der Waals surface area contributed by atoms with Crippen molar-refractivity contribution in [2.75, 3.05) is 19.0 Å². The fourth-order valence-corrected chi connectivity index (χ4v) is 3.59. The number of hydrogen-bond acceptors (Lipinski definition) is 4. The largest absolute Gasteiger partial charge is 0.496 e. The molecule has 0 atom stereocenters. The third-order valence-corrected chi connectivity index (χ3v) is 5.06. The molecule has 134 valence electrons. The van der Waals surface area contributed by atoms with Crippen LogP contribution in [0, 0.1) is 5.92 Å². The van der Waals surface area contributed by atoms with Crippen molar-refractivity contribution < 1.29 is 4.74 Å². The van der Waals surface area contributed by atoms with E-state index in [2.05, 4.69) is 30.2 Å². The third-order valence-electron chi connectivity index (χ3n) is 5.06. The molecule has 2 aromatic rings. The van der Waals surface area contributed by atoms with Gasteiger partial charge in [0.25, 0.3) is 5.56 Å². The van der Waals surface area contributed by atoms with E-state index in [0.29, 0.717) is 24.8 Å². The van der Waals surface area contributed by atoms with Crippen molar-refractivity contribution in [2.45, 2.75) is 45.1 Å². The monoisotopic (exact) mass is 341 g/mol. The van der Waals surface area contributed by atoms with E-state index in [1.165, 1.54) is 12.0 Å². The van der Waals surface area contributed by atoms with Crippen molar-refractivity contribution >= 4 is 5.82 Å². The molecule has 0 radical (unpaired) electrons. The van der Waals surface area contributed by atoms with Crippen LogP contribution in [-0.2, 0) is 12.0 Å². The van der Waals surface area contributed by atoms with Gasteiger partial charge in [0.05, 0.1) is 7.11 Å². The number of ether oxygens (including phenoxy) is 1. The van der Waals surface area contributed by atoms with Crippen LogP contribution in [0.4, 0.5) is 5.82 Å². The van der Waals surface area contributed by atoms with E-state index in [4.69, 9.17) is 4.74 Å². The van der Waals surface area contributed by atoms with Gasteiger partial charge >= 0.3 is 0 Å². The first kappa shape index (κ1) is 17.5. The van der Waals surface area contributed by atoms with Crippen LogP contribution >= 0.6 is 0 Å². The number of aromatic nitrogens is 2. The lowest BCUT2D eigenvalue weighted by Crippen LogP contribution is -2.42. The lowest BCUT2D eigenvalue weighted by Gasteiger charge is -2.43. The quantitative estimate of drug-likeness (QED) is 0.838. The second-order valence-corrected chi connectivity index (χ2v) is 7.31. The number of anilines is 1. The van der Waals surface area contributed by atoms with Crippen LogP contribution in [0.1, 0.15) is 38.7 Å². The highest BCUT2D eigenvalue weighted by Crippen LogP contribution is 2.46. The molecule has 25 heavy (non-hydrogen) atoms. The molecule has 1 aromatic heterocycles. The zero-order valence-corrected chi connectivity index (χ0v) is 15.3. The van der Waals surface area contributed by atoms with Crippen LogP contribution in [0.15, 0.2) is 41.5 Å². The predicted molar refractivity (Wildman–Crippen MR) is 100 cm³/mol. The average molecular weight is 341 g/mol. The number of rotatable bonds is 7. The van der Waals surface area contributed by atoms with Gasteiger partial charge in [-0.3, -0.25) is 4.79 Å². The van der Waals surface area contributed by atoms with Crippen molar-refractivity contribution in [3.8, 4) is 5.75 Å². The van der Waals surface area contributed by atoms with Crippen LogP contribution in [0.2, 0.25) is 0 Å². The first-order chi connectivity index (χ1) is 12.1. The van der Waals surface area contributed by atoms with Crippen LogP contribution < -0.4 is 15.6 Å². The zero-order valence-electron chi connectivity index (χ0n) is 15.3. The normalized spacial score (nSPS) is 15.7. The smallest absolute Gasteiger partial charge is 0.293 e. The van der Waals surface area contributed by atoms with Gasteiger partial charge in [-0.05, 0) is 24.8 Å². The fourth-order valence-electron chi connectivity index (χ4n) is 3.59. The lowest BCUT2D eigenvalue weighted by atomic mass is 9.64. The Bertz CT molecular complexity index is 779. The maximum atomic E-state index is 12.6. The number of para-hydroxylation sites is 1. The third kappa shape index (κ3) is 3.55. The Balaban J connectivity index is 1.81. The first-order valence-electron chi connectivity index (χ1n) is 8.98. The van der Waals surface area contributed by atoms with Gasteiger partial charge in [-0.25, -0.2) is 4.98 Å². The number of nitrogens with zero attached hydrogens (tertiary/aromatic N) is 2. The first-order valence-corrected chi connectivity index (χ1v) is 8.98. The second-order valence-electron chi connectivity index (χ2n) is 7.31. The number of nitrogens with one attached hydrogen (secondary N) is 1. The second kappa shape index (κ2) is 7.30. The van der Waals surface area contributed by atoms with Crippen LogP contribution in [0.3, 0.4) is 0 Å². The molecule has 1 heterocycles. The Kier molecular flexibility index (Phi) is 5.11. The number of methoxy groups -OCH3 is 1. The molecule has 0 unspecified atom stereocenters. The summed E-state index contributed by atoms with van der Waals surface area (Å²) in [7, 11) is 1.71. The molecule has 1 fully saturated rings. The molecule has 0 bridgehead atoms. The van der Waals surface area contributed by atoms with E-state index in [1.807, 2.05) is 18.2 Å². The summed E-state index contributed by atoms with van der Waals surface area (Å²) in [6.45, 7) is 5.60. The summed E-state index contributed by atoms with van der Waals surface area (Å²) in [5, 5.41) is 3.32. The molecule has 1 aliphatic rings. The minimum atomic E-state index is -0.0503. The topological polar surface area (TPSA) is 56.1 Å². The number of benzene rings is 1. The van der Waals surface area contributed by atoms with Crippen molar-refractivity contribution in [1.82, 2.24) is 9.55 Å². The summed E-state index contributed by atoms with van der Waals surface area (Å²) in [6, 6.07) is 8.18. The molecule has 5 heteroatoms. The van der Waals surface area contributed by atoms with Crippen molar-refractivity contribution in [1.29, 1.82) is 0 Å². The minimum Gasteiger partial charge on any atom is -0.496 e. The van der Waals surface area contributed by atoms with Gasteiger partial charge in [-0.1, -0.05) is 38.5 Å². The molecule has 0 saturated heterocycles. The number of hydrogen-bond donors (Lipinski definition) is 1. The maximum Gasteiger partial charge on any atom is 0.293 e. The molecule has 1 N–H and O–H groups in total. The summed E-state index contributed by atoms with van der Waals surface area (Å²) in [6.07, 6.45) is 6.83. The van der Waals surface area contributed by atoms with Crippen molar-refractivity contribution in [3.63, 3.8) is 0 Å². The minimum absolute atomic E-state index is 0.0133. The van der Waals surface area contributed by atoms with Gasteiger partial charge in [-0.15, -0.1) is 0 Å². The molecule has 0 amide bonds. The van der Waals surface area contributed by atoms with Crippen LogP contribution in [-0.4, -0.2) is 23.2 Å². The van der Waals surface area contributed by atoms with Crippen molar-refractivity contribution in [2.24, 2.45) is 5.92 Å². The van der Waals surface area contributed by atoms with E-state index in [-0.39, 0.29) is 11.0 Å². The maximum absolute atomic E-state index is 12.6. The van der Waals surface area contributed by atoms with E-state index in [9.17, 15) is 4.79 Å². The summed E-state index contributed by atoms with van der Waals surface area (Å²) < 4.78 is 7.29. The highest BCUT2D eigenvalue weighted by molar-refractivity contribution is 5.43. The highest BCUT2D eigenvalue weighted by atomic mass is 16.5. The Labute approximate surface area is 149 Å². The summed E-state index contributed by atoms with van der Waals surface area (Å²) in [5.41, 5.74) is 1.18. The van der Waals surface area contributed by atoms with E-state index in [0.717, 1.165) is 18.6 Å². The molecule has 1 aromatic carbocycles. The van der Waals surface area contributed by atoms with Gasteiger partial charge in [0.1, 0.15) is 5.75 Å². The van der Waals surface area contributed by atoms with Gasteiger partial charge in [0.15, 0.2) is 5.82 Å². The zero-order chi connectivity index (χ0) is 17.9. The molecule has 1 saturated carbocycles. The van der Waals surface area contributed by atoms with Gasteiger partial charge in [0, 0.05) is 36.5 Å². The molecule has 3 rings (SSSR count). The molecule has 1 aliphatic carbocycles. The van der Waals surface area contributed by atoms with Crippen LogP contribution in [0.25, 0.3) is 0 Å². The Morgan fingerprint density at radius 1 is 1.32 bits per heavy atom. The van der Waals surface area contributed by atoms with E-state index < -0.39 is 0 Å². The van der Waals surface area contributed by atoms with Gasteiger partial charge < -0.3 is 14.6 Å². The van der Waals surface area contributed by atoms with Gasteiger partial charge in [-0.2, -0.15) is 0 Å². The summed E-state index contributed by atoms with van der Waals surface area (Å²) in [4.78, 5) is 16.9.